The number of isocyanates is 1. The lowest BCUT2D eigenvalue weighted by Crippen LogP contribution is -1.96. The standard InChI is InChI=1S/C12H15NO2/c1-2-3-4-9-15-12-7-5-11(6-8-12)13-10-14/h5-8H,2-4,9H2,1H3. The summed E-state index contributed by atoms with van der Waals surface area (Å²) in [7, 11) is 0. The summed E-state index contributed by atoms with van der Waals surface area (Å²) in [5, 5.41) is 0. The molecule has 1 aromatic carbocycles. The van der Waals surface area contributed by atoms with Crippen molar-refractivity contribution in [1.29, 1.82) is 0 Å². The number of unbranched alkanes of at least 4 members (excludes halogenated alkanes) is 2. The molecule has 0 aliphatic heterocycles. The minimum Gasteiger partial charge on any atom is -0.494 e. The first kappa shape index (κ1) is 11.5. The van der Waals surface area contributed by atoms with Gasteiger partial charge >= 0.3 is 0 Å². The summed E-state index contributed by atoms with van der Waals surface area (Å²) in [4.78, 5) is 13.5. The van der Waals surface area contributed by atoms with Gasteiger partial charge in [-0.2, -0.15) is 4.99 Å². The number of nitrogens with zero attached hydrogens (tertiary/aromatic N) is 1. The topological polar surface area (TPSA) is 38.7 Å². The Kier molecular flexibility index (Phi) is 5.20. The van der Waals surface area contributed by atoms with Gasteiger partial charge in [0.25, 0.3) is 0 Å². The quantitative estimate of drug-likeness (QED) is 0.406. The van der Waals surface area contributed by atoms with Gasteiger partial charge in [0.05, 0.1) is 12.3 Å². The number of benzene rings is 1. The summed E-state index contributed by atoms with van der Waals surface area (Å²) in [5.41, 5.74) is 0.603. The normalized spacial score (nSPS) is 9.40. The average Bonchev–Trinajstić information content (AvgIpc) is 2.27. The van der Waals surface area contributed by atoms with Crippen molar-refractivity contribution in [3.63, 3.8) is 0 Å². The number of rotatable bonds is 6. The molecule has 15 heavy (non-hydrogen) atoms. The van der Waals surface area contributed by atoms with Gasteiger partial charge in [-0.15, -0.1) is 0 Å². The summed E-state index contributed by atoms with van der Waals surface area (Å²) in [6, 6.07) is 7.09. The molecule has 0 fully saturated rings. The molecular formula is C12H15NO2. The van der Waals surface area contributed by atoms with Crippen molar-refractivity contribution < 1.29 is 9.53 Å². The summed E-state index contributed by atoms with van der Waals surface area (Å²) in [5.74, 6) is 0.816. The van der Waals surface area contributed by atoms with Gasteiger partial charge in [0, 0.05) is 0 Å². The highest BCUT2D eigenvalue weighted by atomic mass is 16.5. The number of carbonyl (C=O) groups excluding carboxylic acids is 1. The van der Waals surface area contributed by atoms with Gasteiger partial charge in [-0.1, -0.05) is 19.8 Å². The minimum atomic E-state index is 0.603. The maximum Gasteiger partial charge on any atom is 0.240 e. The molecule has 0 atom stereocenters. The molecule has 1 rings (SSSR count). The molecule has 0 spiro atoms. The lowest BCUT2D eigenvalue weighted by molar-refractivity contribution is 0.306. The molecule has 0 aromatic heterocycles. The van der Waals surface area contributed by atoms with Crippen LogP contribution in [0.25, 0.3) is 0 Å². The van der Waals surface area contributed by atoms with Gasteiger partial charge in [-0.3, -0.25) is 0 Å². The Balaban J connectivity index is 2.39. The zero-order valence-corrected chi connectivity index (χ0v) is 8.90. The van der Waals surface area contributed by atoms with Gasteiger partial charge in [-0.05, 0) is 30.7 Å². The van der Waals surface area contributed by atoms with Crippen molar-refractivity contribution in [3.8, 4) is 5.75 Å². The van der Waals surface area contributed by atoms with E-state index in [1.807, 2.05) is 12.1 Å². The van der Waals surface area contributed by atoms with Crippen LogP contribution in [-0.4, -0.2) is 12.7 Å². The second kappa shape index (κ2) is 6.80. The molecule has 0 saturated heterocycles. The van der Waals surface area contributed by atoms with Crippen LogP contribution >= 0.6 is 0 Å². The fourth-order valence-corrected chi connectivity index (χ4v) is 1.21. The van der Waals surface area contributed by atoms with Gasteiger partial charge in [-0.25, -0.2) is 4.79 Å². The molecular weight excluding hydrogens is 190 g/mol. The van der Waals surface area contributed by atoms with Crippen LogP contribution in [0.2, 0.25) is 0 Å². The molecule has 0 N–H and O–H groups in total. The Hall–Kier alpha value is -1.60. The maximum atomic E-state index is 9.98. The van der Waals surface area contributed by atoms with E-state index in [0.29, 0.717) is 5.69 Å². The molecule has 0 radical (unpaired) electrons. The van der Waals surface area contributed by atoms with Crippen LogP contribution in [0, 0.1) is 0 Å². The molecule has 0 saturated carbocycles. The molecule has 0 amide bonds. The predicted molar refractivity (Wildman–Crippen MR) is 59.2 cm³/mol. The summed E-state index contributed by atoms with van der Waals surface area (Å²) < 4.78 is 5.50. The third-order valence-corrected chi connectivity index (χ3v) is 2.03. The van der Waals surface area contributed by atoms with Gasteiger partial charge < -0.3 is 4.74 Å². The van der Waals surface area contributed by atoms with Gasteiger partial charge in [0.1, 0.15) is 5.75 Å². The monoisotopic (exact) mass is 205 g/mol. The zero-order chi connectivity index (χ0) is 10.9. The molecule has 3 nitrogen and oxygen atoms in total. The summed E-state index contributed by atoms with van der Waals surface area (Å²) in [6.45, 7) is 2.90. The van der Waals surface area contributed by atoms with Crippen LogP contribution in [0.5, 0.6) is 5.75 Å². The largest absolute Gasteiger partial charge is 0.494 e. The van der Waals surface area contributed by atoms with Crippen LogP contribution in [0.1, 0.15) is 26.2 Å². The van der Waals surface area contributed by atoms with E-state index >= 15 is 0 Å². The molecule has 0 bridgehead atoms. The Morgan fingerprint density at radius 2 is 2.00 bits per heavy atom. The Morgan fingerprint density at radius 1 is 1.27 bits per heavy atom. The highest BCUT2D eigenvalue weighted by Gasteiger charge is 1.94. The average molecular weight is 205 g/mol. The van der Waals surface area contributed by atoms with Crippen LogP contribution in [-0.2, 0) is 4.79 Å². The van der Waals surface area contributed by atoms with E-state index in [0.717, 1.165) is 18.8 Å². The molecule has 0 unspecified atom stereocenters. The predicted octanol–water partition coefficient (Wildman–Crippen LogP) is 3.22. The van der Waals surface area contributed by atoms with E-state index in [4.69, 9.17) is 4.74 Å². The molecule has 80 valence electrons. The van der Waals surface area contributed by atoms with Crippen molar-refractivity contribution >= 4 is 11.8 Å². The third kappa shape index (κ3) is 4.43. The maximum absolute atomic E-state index is 9.98. The van der Waals surface area contributed by atoms with Crippen molar-refractivity contribution in [2.45, 2.75) is 26.2 Å². The van der Waals surface area contributed by atoms with Crippen molar-refractivity contribution in [1.82, 2.24) is 0 Å². The Morgan fingerprint density at radius 3 is 2.60 bits per heavy atom. The Labute approximate surface area is 89.8 Å². The fraction of sp³-hybridized carbons (Fsp3) is 0.417. The second-order valence-corrected chi connectivity index (χ2v) is 3.25. The number of hydrogen-bond donors (Lipinski definition) is 0. The van der Waals surface area contributed by atoms with Crippen molar-refractivity contribution in [2.75, 3.05) is 6.61 Å². The second-order valence-electron chi connectivity index (χ2n) is 3.25. The van der Waals surface area contributed by atoms with E-state index in [-0.39, 0.29) is 0 Å². The van der Waals surface area contributed by atoms with Crippen LogP contribution in [0.4, 0.5) is 5.69 Å². The first-order valence-electron chi connectivity index (χ1n) is 5.17. The van der Waals surface area contributed by atoms with E-state index in [1.54, 1.807) is 12.1 Å². The smallest absolute Gasteiger partial charge is 0.240 e. The van der Waals surface area contributed by atoms with Crippen LogP contribution < -0.4 is 4.74 Å². The highest BCUT2D eigenvalue weighted by molar-refractivity contribution is 5.49. The van der Waals surface area contributed by atoms with Crippen molar-refractivity contribution in [3.05, 3.63) is 24.3 Å². The van der Waals surface area contributed by atoms with Gasteiger partial charge in [0.2, 0.25) is 6.08 Å². The number of aliphatic imine (C=N–C) groups is 1. The lowest BCUT2D eigenvalue weighted by Gasteiger charge is -2.04. The third-order valence-electron chi connectivity index (χ3n) is 2.03. The first-order valence-corrected chi connectivity index (χ1v) is 5.17. The number of ether oxygens (including phenoxy) is 1. The van der Waals surface area contributed by atoms with Gasteiger partial charge in [0.15, 0.2) is 0 Å². The highest BCUT2D eigenvalue weighted by Crippen LogP contribution is 2.17. The SMILES string of the molecule is CCCCCOc1ccc(N=C=O)cc1. The number of hydrogen-bond acceptors (Lipinski definition) is 3. The Bertz CT molecular complexity index is 326. The van der Waals surface area contributed by atoms with E-state index in [1.165, 1.54) is 18.9 Å². The van der Waals surface area contributed by atoms with Crippen LogP contribution in [0.15, 0.2) is 29.3 Å². The molecule has 0 heterocycles. The van der Waals surface area contributed by atoms with E-state index < -0.39 is 0 Å². The zero-order valence-electron chi connectivity index (χ0n) is 8.90. The molecule has 0 aliphatic carbocycles. The first-order chi connectivity index (χ1) is 7.36. The van der Waals surface area contributed by atoms with Crippen LogP contribution in [0.3, 0.4) is 0 Å². The summed E-state index contributed by atoms with van der Waals surface area (Å²) in [6.07, 6.45) is 4.95. The molecule has 1 aromatic rings. The summed E-state index contributed by atoms with van der Waals surface area (Å²) >= 11 is 0. The molecule has 3 heteroatoms. The fourth-order valence-electron chi connectivity index (χ4n) is 1.21. The van der Waals surface area contributed by atoms with E-state index in [9.17, 15) is 4.79 Å². The minimum absolute atomic E-state index is 0.603. The van der Waals surface area contributed by atoms with E-state index in [2.05, 4.69) is 11.9 Å². The lowest BCUT2D eigenvalue weighted by atomic mass is 10.2. The van der Waals surface area contributed by atoms with Crippen molar-refractivity contribution in [2.24, 2.45) is 4.99 Å². The molecule has 0 aliphatic rings.